The highest BCUT2D eigenvalue weighted by molar-refractivity contribution is 7.88. The number of hydrogen-bond donors (Lipinski definition) is 0. The van der Waals surface area contributed by atoms with Crippen molar-refractivity contribution in [1.29, 1.82) is 5.26 Å². The Morgan fingerprint density at radius 1 is 1.36 bits per heavy atom. The molecular weight excluding hydrogens is 338 g/mol. The molecule has 0 radical (unpaired) electrons. The lowest BCUT2D eigenvalue weighted by atomic mass is 10.2. The van der Waals surface area contributed by atoms with E-state index in [0.717, 1.165) is 5.69 Å². The van der Waals surface area contributed by atoms with Crippen LogP contribution in [0.4, 0.5) is 0 Å². The zero-order valence-electron chi connectivity index (χ0n) is 13.9. The molecule has 1 aliphatic rings. The fourth-order valence-corrected chi connectivity index (χ4v) is 4.36. The lowest BCUT2D eigenvalue weighted by molar-refractivity contribution is 0.214. The van der Waals surface area contributed by atoms with Crippen LogP contribution in [-0.2, 0) is 15.8 Å². The molecule has 1 unspecified atom stereocenters. The molecule has 3 rings (SSSR count). The summed E-state index contributed by atoms with van der Waals surface area (Å²) < 4.78 is 32.5. The number of benzene rings is 1. The molecule has 130 valence electrons. The fourth-order valence-electron chi connectivity index (χ4n) is 2.80. The van der Waals surface area contributed by atoms with Crippen LogP contribution < -0.4 is 4.74 Å². The largest absolute Gasteiger partial charge is 0.487 e. The van der Waals surface area contributed by atoms with E-state index >= 15 is 0 Å². The third-order valence-corrected chi connectivity index (χ3v) is 5.91. The zero-order chi connectivity index (χ0) is 17.9. The van der Waals surface area contributed by atoms with E-state index in [1.54, 1.807) is 30.5 Å². The second kappa shape index (κ2) is 7.21. The molecule has 0 aliphatic carbocycles. The zero-order valence-corrected chi connectivity index (χ0v) is 14.7. The van der Waals surface area contributed by atoms with Gasteiger partial charge in [0.1, 0.15) is 11.9 Å². The fraction of sp³-hybridized carbons (Fsp3) is 0.333. The van der Waals surface area contributed by atoms with Crippen LogP contribution >= 0.6 is 0 Å². The summed E-state index contributed by atoms with van der Waals surface area (Å²) in [5.74, 6) is 0.540. The molecule has 2 heterocycles. The van der Waals surface area contributed by atoms with Crippen molar-refractivity contribution in [3.63, 3.8) is 0 Å². The molecule has 0 saturated carbocycles. The number of pyridine rings is 1. The Hall–Kier alpha value is -2.43. The predicted octanol–water partition coefficient (Wildman–Crippen LogP) is 2.24. The van der Waals surface area contributed by atoms with E-state index in [9.17, 15) is 8.42 Å². The summed E-state index contributed by atoms with van der Waals surface area (Å²) in [5.41, 5.74) is 1.98. The maximum absolute atomic E-state index is 12.6. The number of hydrogen-bond acceptors (Lipinski definition) is 5. The lowest BCUT2D eigenvalue weighted by Gasteiger charge is -2.17. The van der Waals surface area contributed by atoms with Crippen LogP contribution in [0, 0.1) is 18.3 Å². The number of aryl methyl sites for hydroxylation is 1. The minimum absolute atomic E-state index is 0.110. The first-order chi connectivity index (χ1) is 12.0. The van der Waals surface area contributed by atoms with Gasteiger partial charge in [0.15, 0.2) is 0 Å². The van der Waals surface area contributed by atoms with Gasteiger partial charge in [0.05, 0.1) is 30.1 Å². The van der Waals surface area contributed by atoms with Crippen LogP contribution in [-0.4, -0.2) is 36.9 Å². The van der Waals surface area contributed by atoms with Crippen molar-refractivity contribution < 1.29 is 13.2 Å². The minimum Gasteiger partial charge on any atom is -0.487 e. The lowest BCUT2D eigenvalue weighted by Crippen LogP contribution is -2.32. The van der Waals surface area contributed by atoms with Crippen LogP contribution in [0.15, 0.2) is 42.6 Å². The van der Waals surface area contributed by atoms with Crippen molar-refractivity contribution in [2.75, 3.05) is 13.1 Å². The number of sulfonamides is 1. The molecule has 1 atom stereocenters. The molecule has 7 heteroatoms. The maximum atomic E-state index is 12.6. The number of nitrogens with zero attached hydrogens (tertiary/aromatic N) is 3. The highest BCUT2D eigenvalue weighted by Gasteiger charge is 2.32. The van der Waals surface area contributed by atoms with Crippen molar-refractivity contribution in [3.05, 3.63) is 59.4 Å². The third kappa shape index (κ3) is 4.35. The van der Waals surface area contributed by atoms with Gasteiger partial charge in [-0.3, -0.25) is 4.98 Å². The Labute approximate surface area is 147 Å². The van der Waals surface area contributed by atoms with Gasteiger partial charge in [0.25, 0.3) is 0 Å². The Balaban J connectivity index is 1.63. The SMILES string of the molecule is Cc1ccc(OC2CCN(S(=O)(=O)Cc3cccc(C#N)c3)C2)cn1. The molecule has 1 aromatic carbocycles. The average molecular weight is 357 g/mol. The Morgan fingerprint density at radius 2 is 2.20 bits per heavy atom. The van der Waals surface area contributed by atoms with Crippen molar-refractivity contribution in [1.82, 2.24) is 9.29 Å². The van der Waals surface area contributed by atoms with Gasteiger partial charge in [-0.1, -0.05) is 12.1 Å². The standard InChI is InChI=1S/C18H19N3O3S/c1-14-5-6-17(11-20-14)24-18-7-8-21(12-18)25(22,23)13-16-4-2-3-15(9-16)10-19/h2-6,9,11,18H,7-8,12-13H2,1H3. The molecule has 1 aromatic heterocycles. The van der Waals surface area contributed by atoms with Gasteiger partial charge < -0.3 is 4.74 Å². The van der Waals surface area contributed by atoms with E-state index in [-0.39, 0.29) is 11.9 Å². The molecule has 1 aliphatic heterocycles. The summed E-state index contributed by atoms with van der Waals surface area (Å²) in [6.07, 6.45) is 2.12. The van der Waals surface area contributed by atoms with Gasteiger partial charge in [0, 0.05) is 12.2 Å². The molecule has 1 saturated heterocycles. The van der Waals surface area contributed by atoms with Gasteiger partial charge in [-0.2, -0.15) is 9.57 Å². The maximum Gasteiger partial charge on any atom is 0.218 e. The van der Waals surface area contributed by atoms with Crippen molar-refractivity contribution in [2.45, 2.75) is 25.2 Å². The van der Waals surface area contributed by atoms with E-state index in [2.05, 4.69) is 4.98 Å². The molecule has 6 nitrogen and oxygen atoms in total. The van der Waals surface area contributed by atoms with E-state index in [4.69, 9.17) is 10.00 Å². The summed E-state index contributed by atoms with van der Waals surface area (Å²) in [5, 5.41) is 8.93. The predicted molar refractivity (Wildman–Crippen MR) is 93.4 cm³/mol. The summed E-state index contributed by atoms with van der Waals surface area (Å²) in [6.45, 7) is 2.66. The first kappa shape index (κ1) is 17.4. The van der Waals surface area contributed by atoms with Crippen LogP contribution in [0.5, 0.6) is 5.75 Å². The Kier molecular flexibility index (Phi) is 5.02. The second-order valence-electron chi connectivity index (χ2n) is 6.09. The highest BCUT2D eigenvalue weighted by Crippen LogP contribution is 2.22. The van der Waals surface area contributed by atoms with E-state index in [1.807, 2.05) is 25.1 Å². The topological polar surface area (TPSA) is 83.3 Å². The van der Waals surface area contributed by atoms with E-state index in [0.29, 0.717) is 36.4 Å². The van der Waals surface area contributed by atoms with Crippen molar-refractivity contribution >= 4 is 10.0 Å². The first-order valence-corrected chi connectivity index (χ1v) is 9.63. The van der Waals surface area contributed by atoms with Gasteiger partial charge in [0.2, 0.25) is 10.0 Å². The molecule has 0 spiro atoms. The molecular formula is C18H19N3O3S. The van der Waals surface area contributed by atoms with Crippen molar-refractivity contribution in [3.8, 4) is 11.8 Å². The second-order valence-corrected chi connectivity index (χ2v) is 8.06. The normalized spacial score (nSPS) is 18.0. The van der Waals surface area contributed by atoms with Crippen molar-refractivity contribution in [2.24, 2.45) is 0 Å². The number of aromatic nitrogens is 1. The monoisotopic (exact) mass is 357 g/mol. The highest BCUT2D eigenvalue weighted by atomic mass is 32.2. The first-order valence-electron chi connectivity index (χ1n) is 8.02. The summed E-state index contributed by atoms with van der Waals surface area (Å²) in [6, 6.07) is 12.4. The minimum atomic E-state index is -3.44. The van der Waals surface area contributed by atoms with Gasteiger partial charge in [-0.25, -0.2) is 8.42 Å². The Morgan fingerprint density at radius 3 is 2.92 bits per heavy atom. The number of nitriles is 1. The Bertz CT molecular complexity index is 889. The van der Waals surface area contributed by atoms with E-state index < -0.39 is 10.0 Å². The molecule has 2 aromatic rings. The van der Waals surface area contributed by atoms with Crippen LogP contribution in [0.1, 0.15) is 23.2 Å². The van der Waals surface area contributed by atoms with Crippen LogP contribution in [0.2, 0.25) is 0 Å². The molecule has 1 fully saturated rings. The van der Waals surface area contributed by atoms with Gasteiger partial charge in [-0.05, 0) is 43.2 Å². The number of ether oxygens (including phenoxy) is 1. The third-order valence-electron chi connectivity index (χ3n) is 4.09. The van der Waals surface area contributed by atoms with E-state index in [1.165, 1.54) is 4.31 Å². The summed E-state index contributed by atoms with van der Waals surface area (Å²) >= 11 is 0. The molecule has 25 heavy (non-hydrogen) atoms. The molecule has 0 N–H and O–H groups in total. The van der Waals surface area contributed by atoms with Gasteiger partial charge >= 0.3 is 0 Å². The average Bonchev–Trinajstić information content (AvgIpc) is 3.06. The summed E-state index contributed by atoms with van der Waals surface area (Å²) in [7, 11) is -3.44. The molecule has 0 bridgehead atoms. The quantitative estimate of drug-likeness (QED) is 0.819. The number of rotatable bonds is 5. The van der Waals surface area contributed by atoms with Gasteiger partial charge in [-0.15, -0.1) is 0 Å². The van der Waals surface area contributed by atoms with Crippen LogP contribution in [0.3, 0.4) is 0 Å². The summed E-state index contributed by atoms with van der Waals surface area (Å²) in [4.78, 5) is 4.18. The smallest absolute Gasteiger partial charge is 0.218 e. The van der Waals surface area contributed by atoms with Crippen LogP contribution in [0.25, 0.3) is 0 Å². The molecule has 0 amide bonds.